The maximum Gasteiger partial charge on any atom is 0.224 e. The maximum atomic E-state index is 12.9. The fraction of sp³-hybridized carbons (Fsp3) is 0.269. The number of benzene rings is 3. The van der Waals surface area contributed by atoms with Crippen LogP contribution >= 0.6 is 0 Å². The van der Waals surface area contributed by atoms with Gasteiger partial charge in [-0.05, 0) is 51.9 Å². The van der Waals surface area contributed by atoms with Crippen molar-refractivity contribution in [2.24, 2.45) is 0 Å². The molecule has 3 aromatic rings. The molecule has 4 heteroatoms. The molecule has 0 bridgehead atoms. The quantitative estimate of drug-likeness (QED) is 0.539. The number of amides is 1. The van der Waals surface area contributed by atoms with Crippen molar-refractivity contribution >= 4 is 11.6 Å². The molecule has 156 valence electrons. The van der Waals surface area contributed by atoms with Crippen LogP contribution in [0.25, 0.3) is 0 Å². The summed E-state index contributed by atoms with van der Waals surface area (Å²) in [6, 6.07) is 22.7. The van der Waals surface area contributed by atoms with E-state index in [1.807, 2.05) is 24.3 Å². The molecule has 0 saturated carbocycles. The van der Waals surface area contributed by atoms with Gasteiger partial charge in [-0.3, -0.25) is 4.79 Å². The summed E-state index contributed by atoms with van der Waals surface area (Å²) in [6.07, 6.45) is 0.315. The van der Waals surface area contributed by atoms with E-state index in [9.17, 15) is 9.18 Å². The van der Waals surface area contributed by atoms with Gasteiger partial charge in [-0.1, -0.05) is 69.3 Å². The van der Waals surface area contributed by atoms with Gasteiger partial charge >= 0.3 is 0 Å². The summed E-state index contributed by atoms with van der Waals surface area (Å²) in [5.41, 5.74) is 5.56. The predicted octanol–water partition coefficient (Wildman–Crippen LogP) is 5.59. The van der Waals surface area contributed by atoms with Crippen LogP contribution in [0.2, 0.25) is 0 Å². The van der Waals surface area contributed by atoms with Gasteiger partial charge in [-0.25, -0.2) is 4.39 Å². The third-order valence-corrected chi connectivity index (χ3v) is 5.04. The van der Waals surface area contributed by atoms with Crippen molar-refractivity contribution in [2.45, 2.75) is 45.7 Å². The highest BCUT2D eigenvalue weighted by Crippen LogP contribution is 2.22. The van der Waals surface area contributed by atoms with E-state index in [0.29, 0.717) is 13.0 Å². The Morgan fingerprint density at radius 3 is 1.90 bits per heavy atom. The Hall–Kier alpha value is -3.14. The zero-order valence-electron chi connectivity index (χ0n) is 17.8. The van der Waals surface area contributed by atoms with Crippen LogP contribution in [0.15, 0.2) is 72.8 Å². The maximum absolute atomic E-state index is 12.9. The molecule has 0 aliphatic heterocycles. The SMILES string of the molecule is CC(C)(C)c1ccc(CNc2ccc(CC(=O)NCc3ccc(F)cc3)cc2)cc1. The summed E-state index contributed by atoms with van der Waals surface area (Å²) in [5.74, 6) is -0.334. The van der Waals surface area contributed by atoms with Gasteiger partial charge in [0.05, 0.1) is 6.42 Å². The molecule has 3 rings (SSSR count). The Balaban J connectivity index is 1.46. The number of hydrogen-bond donors (Lipinski definition) is 2. The van der Waals surface area contributed by atoms with Crippen LogP contribution in [-0.4, -0.2) is 5.91 Å². The molecule has 0 saturated heterocycles. The summed E-state index contributed by atoms with van der Waals surface area (Å²) in [6.45, 7) is 7.79. The Labute approximate surface area is 178 Å². The highest BCUT2D eigenvalue weighted by atomic mass is 19.1. The highest BCUT2D eigenvalue weighted by molar-refractivity contribution is 5.78. The summed E-state index contributed by atoms with van der Waals surface area (Å²) < 4.78 is 12.9. The van der Waals surface area contributed by atoms with Crippen molar-refractivity contribution in [3.05, 3.63) is 101 Å². The number of halogens is 1. The molecule has 0 atom stereocenters. The van der Waals surface area contributed by atoms with Crippen LogP contribution in [0.4, 0.5) is 10.1 Å². The summed E-state index contributed by atoms with van der Waals surface area (Å²) in [4.78, 5) is 12.1. The Kier molecular flexibility index (Phi) is 6.88. The summed E-state index contributed by atoms with van der Waals surface area (Å²) in [5, 5.41) is 6.29. The molecule has 0 aliphatic rings. The molecule has 0 spiro atoms. The molecule has 2 N–H and O–H groups in total. The van der Waals surface area contributed by atoms with Crippen molar-refractivity contribution in [3.63, 3.8) is 0 Å². The molecule has 0 radical (unpaired) electrons. The van der Waals surface area contributed by atoms with E-state index in [2.05, 4.69) is 55.7 Å². The van der Waals surface area contributed by atoms with Crippen molar-refractivity contribution < 1.29 is 9.18 Å². The number of nitrogens with one attached hydrogen (secondary N) is 2. The van der Waals surface area contributed by atoms with E-state index in [1.165, 1.54) is 23.3 Å². The smallest absolute Gasteiger partial charge is 0.224 e. The lowest BCUT2D eigenvalue weighted by Crippen LogP contribution is -2.24. The number of anilines is 1. The molecule has 0 fully saturated rings. The third-order valence-electron chi connectivity index (χ3n) is 5.04. The summed E-state index contributed by atoms with van der Waals surface area (Å²) in [7, 11) is 0. The molecule has 1 amide bonds. The first-order valence-electron chi connectivity index (χ1n) is 10.2. The minimum atomic E-state index is -0.277. The van der Waals surface area contributed by atoms with Crippen LogP contribution < -0.4 is 10.6 Å². The molecule has 3 aromatic carbocycles. The van der Waals surface area contributed by atoms with Crippen molar-refractivity contribution in [3.8, 4) is 0 Å². The van der Waals surface area contributed by atoms with E-state index in [-0.39, 0.29) is 17.1 Å². The first-order valence-corrected chi connectivity index (χ1v) is 10.2. The Morgan fingerprint density at radius 2 is 1.30 bits per heavy atom. The minimum Gasteiger partial charge on any atom is -0.381 e. The Morgan fingerprint density at radius 1 is 0.767 bits per heavy atom. The first-order chi connectivity index (χ1) is 14.3. The van der Waals surface area contributed by atoms with E-state index in [0.717, 1.165) is 23.4 Å². The minimum absolute atomic E-state index is 0.0565. The highest BCUT2D eigenvalue weighted by Gasteiger charge is 2.12. The standard InChI is InChI=1S/C26H29FN2O/c1-26(2,3)22-10-4-20(5-11-22)17-28-24-14-8-19(9-15-24)16-25(30)29-18-21-6-12-23(27)13-7-21/h4-15,28H,16-18H2,1-3H3,(H,29,30). The number of carbonyl (C=O) groups excluding carboxylic acids is 1. The number of hydrogen-bond acceptors (Lipinski definition) is 2. The fourth-order valence-corrected chi connectivity index (χ4v) is 3.12. The normalized spacial score (nSPS) is 11.2. The van der Waals surface area contributed by atoms with Crippen LogP contribution in [-0.2, 0) is 29.7 Å². The lowest BCUT2D eigenvalue weighted by molar-refractivity contribution is -0.120. The average Bonchev–Trinajstić information content (AvgIpc) is 2.72. The third kappa shape index (κ3) is 6.45. The average molecular weight is 405 g/mol. The molecule has 3 nitrogen and oxygen atoms in total. The van der Waals surface area contributed by atoms with Gasteiger partial charge < -0.3 is 10.6 Å². The van der Waals surface area contributed by atoms with E-state index in [1.54, 1.807) is 12.1 Å². The van der Waals surface area contributed by atoms with E-state index >= 15 is 0 Å². The van der Waals surface area contributed by atoms with E-state index in [4.69, 9.17) is 0 Å². The van der Waals surface area contributed by atoms with E-state index < -0.39 is 0 Å². The van der Waals surface area contributed by atoms with Gasteiger partial charge in [0.25, 0.3) is 0 Å². The molecule has 0 aliphatic carbocycles. The molecular formula is C26H29FN2O. The zero-order valence-corrected chi connectivity index (χ0v) is 17.8. The van der Waals surface area contributed by atoms with Gasteiger partial charge in [0, 0.05) is 18.8 Å². The lowest BCUT2D eigenvalue weighted by atomic mass is 9.87. The molecule has 0 unspecified atom stereocenters. The van der Waals surface area contributed by atoms with Gasteiger partial charge in [0.2, 0.25) is 5.91 Å². The van der Waals surface area contributed by atoms with Crippen LogP contribution in [0.3, 0.4) is 0 Å². The van der Waals surface area contributed by atoms with Crippen molar-refractivity contribution in [1.29, 1.82) is 0 Å². The van der Waals surface area contributed by atoms with Crippen molar-refractivity contribution in [1.82, 2.24) is 5.32 Å². The molecular weight excluding hydrogens is 375 g/mol. The Bertz CT molecular complexity index is 956. The first kappa shape index (κ1) is 21.6. The van der Waals surface area contributed by atoms with Crippen LogP contribution in [0, 0.1) is 5.82 Å². The number of rotatable bonds is 7. The molecule has 30 heavy (non-hydrogen) atoms. The van der Waals surface area contributed by atoms with Gasteiger partial charge in [-0.2, -0.15) is 0 Å². The van der Waals surface area contributed by atoms with Crippen LogP contribution in [0.1, 0.15) is 43.0 Å². The largest absolute Gasteiger partial charge is 0.381 e. The summed E-state index contributed by atoms with van der Waals surface area (Å²) >= 11 is 0. The zero-order chi connectivity index (χ0) is 21.6. The van der Waals surface area contributed by atoms with Gasteiger partial charge in [-0.15, -0.1) is 0 Å². The van der Waals surface area contributed by atoms with Crippen molar-refractivity contribution in [2.75, 3.05) is 5.32 Å². The van der Waals surface area contributed by atoms with Gasteiger partial charge in [0.1, 0.15) is 5.82 Å². The van der Waals surface area contributed by atoms with Gasteiger partial charge in [0.15, 0.2) is 0 Å². The second kappa shape index (κ2) is 9.57. The fourth-order valence-electron chi connectivity index (χ4n) is 3.12. The second-order valence-electron chi connectivity index (χ2n) is 8.58. The number of carbonyl (C=O) groups is 1. The predicted molar refractivity (Wildman–Crippen MR) is 121 cm³/mol. The van der Waals surface area contributed by atoms with Crippen LogP contribution in [0.5, 0.6) is 0 Å². The topological polar surface area (TPSA) is 41.1 Å². The molecule has 0 aromatic heterocycles. The lowest BCUT2D eigenvalue weighted by Gasteiger charge is -2.19. The monoisotopic (exact) mass is 404 g/mol. The second-order valence-corrected chi connectivity index (χ2v) is 8.58. The molecule has 0 heterocycles.